The Morgan fingerprint density at radius 1 is 1.32 bits per heavy atom. The van der Waals surface area contributed by atoms with Crippen LogP contribution in [0.3, 0.4) is 0 Å². The average molecular weight is 405 g/mol. The van der Waals surface area contributed by atoms with Crippen LogP contribution in [-0.4, -0.2) is 60.8 Å². The summed E-state index contributed by atoms with van der Waals surface area (Å²) >= 11 is 1.60. The largest absolute Gasteiger partial charge is 0.485 e. The molecule has 1 atom stereocenters. The van der Waals surface area contributed by atoms with Gasteiger partial charge >= 0.3 is 0 Å². The van der Waals surface area contributed by atoms with Crippen molar-refractivity contribution in [3.05, 3.63) is 35.2 Å². The second kappa shape index (κ2) is 8.68. The van der Waals surface area contributed by atoms with Gasteiger partial charge < -0.3 is 23.9 Å². The van der Waals surface area contributed by atoms with Crippen molar-refractivity contribution in [1.82, 2.24) is 9.97 Å². The zero-order valence-electron chi connectivity index (χ0n) is 15.1. The Hall–Kier alpha value is -2.49. The summed E-state index contributed by atoms with van der Waals surface area (Å²) in [6, 6.07) is 5.05. The number of halogens is 1. The molecule has 1 aliphatic heterocycles. The van der Waals surface area contributed by atoms with Gasteiger partial charge in [-0.25, -0.2) is 14.4 Å². The van der Waals surface area contributed by atoms with Crippen LogP contribution in [0.25, 0.3) is 23.3 Å². The van der Waals surface area contributed by atoms with Crippen LogP contribution in [0.1, 0.15) is 10.8 Å². The van der Waals surface area contributed by atoms with E-state index in [1.54, 1.807) is 35.6 Å². The van der Waals surface area contributed by atoms with Gasteiger partial charge in [0.15, 0.2) is 10.7 Å². The van der Waals surface area contributed by atoms with E-state index in [2.05, 4.69) is 14.9 Å². The minimum Gasteiger partial charge on any atom is -0.485 e. The molecule has 28 heavy (non-hydrogen) atoms. The maximum Gasteiger partial charge on any atom is 0.220 e. The van der Waals surface area contributed by atoms with Crippen molar-refractivity contribution in [2.75, 3.05) is 44.5 Å². The fourth-order valence-electron chi connectivity index (χ4n) is 2.79. The fourth-order valence-corrected chi connectivity index (χ4v) is 3.66. The number of oxazole rings is 1. The molecule has 0 saturated carbocycles. The van der Waals surface area contributed by atoms with Crippen molar-refractivity contribution in [1.29, 1.82) is 0 Å². The molecule has 3 aromatic rings. The van der Waals surface area contributed by atoms with Crippen molar-refractivity contribution in [2.45, 2.75) is 6.10 Å². The predicted octanol–water partition coefficient (Wildman–Crippen LogP) is 3.00. The number of aliphatic hydroxyl groups excluding tert-OH is 1. The number of nitrogens with zero attached hydrogens (tertiary/aromatic N) is 3. The first-order valence-corrected chi connectivity index (χ1v) is 9.77. The summed E-state index contributed by atoms with van der Waals surface area (Å²) in [5.74, 6) is 0.881. The lowest BCUT2D eigenvalue weighted by Gasteiger charge is -2.25. The molecule has 2 aromatic heterocycles. The van der Waals surface area contributed by atoms with Gasteiger partial charge in [-0.3, -0.25) is 0 Å². The third kappa shape index (κ3) is 4.32. The molecule has 1 N–H and O–H groups in total. The molecule has 0 aliphatic carbocycles. The average Bonchev–Trinajstić information content (AvgIpc) is 3.37. The highest BCUT2D eigenvalue weighted by molar-refractivity contribution is 7.16. The number of anilines is 1. The molecule has 0 amide bonds. The van der Waals surface area contributed by atoms with E-state index in [4.69, 9.17) is 19.0 Å². The number of fused-ring (bicyclic) bond motifs is 1. The molecular weight excluding hydrogens is 385 g/mol. The quantitative estimate of drug-likeness (QED) is 0.647. The van der Waals surface area contributed by atoms with Crippen LogP contribution < -0.4 is 9.64 Å². The Morgan fingerprint density at radius 3 is 2.96 bits per heavy atom. The number of thiazole rings is 1. The molecule has 1 saturated heterocycles. The molecular formula is C19H20FN3O4S. The first-order valence-electron chi connectivity index (χ1n) is 8.96. The Bertz CT molecular complexity index is 948. The van der Waals surface area contributed by atoms with Crippen LogP contribution in [0.2, 0.25) is 0 Å². The molecule has 7 nitrogen and oxygen atoms in total. The second-order valence-electron chi connectivity index (χ2n) is 6.24. The number of benzene rings is 1. The van der Waals surface area contributed by atoms with Gasteiger partial charge in [0.25, 0.3) is 0 Å². The van der Waals surface area contributed by atoms with E-state index in [9.17, 15) is 4.39 Å². The molecule has 1 unspecified atom stereocenters. The summed E-state index contributed by atoms with van der Waals surface area (Å²) in [6.07, 6.45) is 4.64. The number of aliphatic hydroxyl groups is 1. The highest BCUT2D eigenvalue weighted by atomic mass is 32.1. The van der Waals surface area contributed by atoms with Gasteiger partial charge in [-0.2, -0.15) is 0 Å². The number of ether oxygens (including phenoxy) is 2. The van der Waals surface area contributed by atoms with E-state index in [0.29, 0.717) is 22.7 Å². The Balaban J connectivity index is 1.46. The lowest BCUT2D eigenvalue weighted by atomic mass is 10.3. The maximum absolute atomic E-state index is 12.7. The first kappa shape index (κ1) is 18.9. The summed E-state index contributed by atoms with van der Waals surface area (Å²) < 4.78 is 29.2. The number of alkyl halides is 1. The van der Waals surface area contributed by atoms with E-state index in [-0.39, 0.29) is 6.61 Å². The predicted molar refractivity (Wildman–Crippen MR) is 106 cm³/mol. The van der Waals surface area contributed by atoms with Crippen molar-refractivity contribution in [3.63, 3.8) is 0 Å². The number of hydrogen-bond donors (Lipinski definition) is 1. The summed E-state index contributed by atoms with van der Waals surface area (Å²) in [5.41, 5.74) is 1.21. The first-order chi connectivity index (χ1) is 13.7. The Labute approximate surface area is 165 Å². The molecule has 0 bridgehead atoms. The van der Waals surface area contributed by atoms with E-state index < -0.39 is 12.8 Å². The van der Waals surface area contributed by atoms with Crippen LogP contribution in [-0.2, 0) is 4.74 Å². The second-order valence-corrected chi connectivity index (χ2v) is 7.28. The normalized spacial score (nSPS) is 16.1. The van der Waals surface area contributed by atoms with Crippen molar-refractivity contribution in [3.8, 4) is 5.75 Å². The molecule has 9 heteroatoms. The minimum absolute atomic E-state index is 0.389. The van der Waals surface area contributed by atoms with Crippen molar-refractivity contribution in [2.24, 2.45) is 0 Å². The standard InChI is InChI=1S/C19H20FN3O4S/c20-10-14(12-24)26-13-1-3-16-17(9-13)27-18(22-16)4-2-15-11-21-19(28-15)23-5-7-25-8-6-23/h1-4,9,11,14,24H,5-8,10,12H2. The molecule has 3 heterocycles. The topological polar surface area (TPSA) is 80.9 Å². The monoisotopic (exact) mass is 405 g/mol. The molecule has 1 fully saturated rings. The van der Waals surface area contributed by atoms with Crippen molar-refractivity contribution >= 4 is 39.7 Å². The van der Waals surface area contributed by atoms with Gasteiger partial charge in [-0.1, -0.05) is 11.3 Å². The van der Waals surface area contributed by atoms with Gasteiger partial charge in [0.1, 0.15) is 24.0 Å². The smallest absolute Gasteiger partial charge is 0.220 e. The van der Waals surface area contributed by atoms with E-state index in [1.165, 1.54) is 0 Å². The molecule has 0 radical (unpaired) electrons. The van der Waals surface area contributed by atoms with Crippen molar-refractivity contribution < 1.29 is 23.4 Å². The van der Waals surface area contributed by atoms with Gasteiger partial charge in [-0.15, -0.1) is 0 Å². The zero-order valence-corrected chi connectivity index (χ0v) is 15.9. The Morgan fingerprint density at radius 2 is 2.18 bits per heavy atom. The van der Waals surface area contributed by atoms with Crippen LogP contribution in [0.15, 0.2) is 28.8 Å². The highest BCUT2D eigenvalue weighted by Crippen LogP contribution is 2.26. The molecule has 4 rings (SSSR count). The van der Waals surface area contributed by atoms with E-state index in [1.807, 2.05) is 12.3 Å². The molecule has 0 spiro atoms. The number of rotatable bonds is 7. The third-order valence-electron chi connectivity index (χ3n) is 4.24. The number of morpholine rings is 1. The Kier molecular flexibility index (Phi) is 5.84. The van der Waals surface area contributed by atoms with E-state index in [0.717, 1.165) is 36.3 Å². The van der Waals surface area contributed by atoms with Gasteiger partial charge in [0.2, 0.25) is 5.89 Å². The summed E-state index contributed by atoms with van der Waals surface area (Å²) in [6.45, 7) is 2.01. The molecule has 1 aromatic carbocycles. The van der Waals surface area contributed by atoms with Crippen LogP contribution in [0, 0.1) is 0 Å². The SMILES string of the molecule is OCC(CF)Oc1ccc2nc(C=Cc3cnc(N4CCOCC4)s3)oc2c1. The fraction of sp³-hybridized carbons (Fsp3) is 0.368. The van der Waals surface area contributed by atoms with Crippen LogP contribution in [0.4, 0.5) is 9.52 Å². The lowest BCUT2D eigenvalue weighted by molar-refractivity contribution is 0.0932. The van der Waals surface area contributed by atoms with Gasteiger partial charge in [0.05, 0.1) is 19.8 Å². The summed E-state index contributed by atoms with van der Waals surface area (Å²) in [5, 5.41) is 10.0. The van der Waals surface area contributed by atoms with Gasteiger partial charge in [0, 0.05) is 36.3 Å². The molecule has 148 valence electrons. The van der Waals surface area contributed by atoms with Crippen LogP contribution >= 0.6 is 11.3 Å². The van der Waals surface area contributed by atoms with Gasteiger partial charge in [-0.05, 0) is 18.2 Å². The highest BCUT2D eigenvalue weighted by Gasteiger charge is 2.14. The lowest BCUT2D eigenvalue weighted by Crippen LogP contribution is -2.36. The summed E-state index contributed by atoms with van der Waals surface area (Å²) in [4.78, 5) is 12.1. The molecule has 1 aliphatic rings. The van der Waals surface area contributed by atoms with E-state index >= 15 is 0 Å². The third-order valence-corrected chi connectivity index (χ3v) is 5.26. The number of aromatic nitrogens is 2. The number of hydrogen-bond acceptors (Lipinski definition) is 8. The zero-order chi connectivity index (χ0) is 19.3. The van der Waals surface area contributed by atoms with Crippen LogP contribution in [0.5, 0.6) is 5.75 Å². The summed E-state index contributed by atoms with van der Waals surface area (Å²) in [7, 11) is 0. The minimum atomic E-state index is -0.883. The maximum atomic E-state index is 12.7.